The van der Waals surface area contributed by atoms with Crippen LogP contribution in [-0.2, 0) is 11.2 Å². The Labute approximate surface area is 127 Å². The molecule has 1 unspecified atom stereocenters. The highest BCUT2D eigenvalue weighted by Crippen LogP contribution is 2.12. The summed E-state index contributed by atoms with van der Waals surface area (Å²) in [5.41, 5.74) is 1.59. The van der Waals surface area contributed by atoms with Crippen LogP contribution in [0.15, 0.2) is 12.1 Å². The third-order valence-corrected chi connectivity index (χ3v) is 3.01. The van der Waals surface area contributed by atoms with Crippen LogP contribution < -0.4 is 10.6 Å². The molecule has 5 nitrogen and oxygen atoms in total. The van der Waals surface area contributed by atoms with Gasteiger partial charge in [0.2, 0.25) is 0 Å². The minimum absolute atomic E-state index is 0.0177. The first-order valence-electron chi connectivity index (χ1n) is 7.75. The Morgan fingerprint density at radius 3 is 2.71 bits per heavy atom. The lowest BCUT2D eigenvalue weighted by Crippen LogP contribution is -2.32. The lowest BCUT2D eigenvalue weighted by Gasteiger charge is -2.13. The van der Waals surface area contributed by atoms with Gasteiger partial charge in [-0.15, -0.1) is 0 Å². The van der Waals surface area contributed by atoms with Gasteiger partial charge in [-0.25, -0.2) is 4.98 Å². The van der Waals surface area contributed by atoms with E-state index in [4.69, 9.17) is 4.74 Å². The second-order valence-electron chi connectivity index (χ2n) is 4.99. The van der Waals surface area contributed by atoms with Crippen molar-refractivity contribution < 1.29 is 9.53 Å². The number of pyridine rings is 1. The van der Waals surface area contributed by atoms with Gasteiger partial charge in [-0.2, -0.15) is 0 Å². The highest BCUT2D eigenvalue weighted by Gasteiger charge is 2.11. The van der Waals surface area contributed by atoms with Crippen LogP contribution in [0.3, 0.4) is 0 Å². The van der Waals surface area contributed by atoms with E-state index in [-0.39, 0.29) is 12.0 Å². The van der Waals surface area contributed by atoms with E-state index in [0.717, 1.165) is 30.9 Å². The first-order chi connectivity index (χ1) is 10.1. The maximum Gasteiger partial charge on any atom is 0.251 e. The third-order valence-electron chi connectivity index (χ3n) is 3.01. The molecule has 0 aliphatic heterocycles. The van der Waals surface area contributed by atoms with Crippen LogP contribution in [0.25, 0.3) is 0 Å². The highest BCUT2D eigenvalue weighted by molar-refractivity contribution is 5.95. The van der Waals surface area contributed by atoms with Crippen LogP contribution >= 0.6 is 0 Å². The lowest BCUT2D eigenvalue weighted by atomic mass is 10.1. The van der Waals surface area contributed by atoms with Crippen LogP contribution in [0.4, 0.5) is 5.82 Å². The first kappa shape index (κ1) is 17.4. The summed E-state index contributed by atoms with van der Waals surface area (Å²) in [6.07, 6.45) is 1.89. The number of ether oxygens (including phenoxy) is 1. The van der Waals surface area contributed by atoms with Crippen LogP contribution in [-0.4, -0.2) is 36.7 Å². The number of carbonyl (C=O) groups excluding carboxylic acids is 1. The number of anilines is 1. The minimum Gasteiger partial charge on any atom is -0.377 e. The predicted octanol–water partition coefficient (Wildman–Crippen LogP) is 2.62. The summed E-state index contributed by atoms with van der Waals surface area (Å²) in [5, 5.41) is 6.07. The maximum atomic E-state index is 12.2. The molecule has 5 heteroatoms. The summed E-state index contributed by atoms with van der Waals surface area (Å²) < 4.78 is 5.41. The van der Waals surface area contributed by atoms with Gasteiger partial charge >= 0.3 is 0 Å². The average molecular weight is 293 g/mol. The average Bonchev–Trinajstić information content (AvgIpc) is 2.45. The van der Waals surface area contributed by atoms with Crippen molar-refractivity contribution >= 4 is 11.7 Å². The molecule has 21 heavy (non-hydrogen) atoms. The number of hydrogen-bond donors (Lipinski definition) is 2. The molecule has 1 atom stereocenters. The molecular weight excluding hydrogens is 266 g/mol. The van der Waals surface area contributed by atoms with Gasteiger partial charge in [0, 0.05) is 31.0 Å². The van der Waals surface area contributed by atoms with Gasteiger partial charge in [-0.05, 0) is 39.3 Å². The second kappa shape index (κ2) is 9.34. The molecule has 0 aliphatic rings. The van der Waals surface area contributed by atoms with Crippen molar-refractivity contribution in [1.29, 1.82) is 0 Å². The quantitative estimate of drug-likeness (QED) is 0.734. The number of nitrogens with zero attached hydrogens (tertiary/aromatic N) is 1. The summed E-state index contributed by atoms with van der Waals surface area (Å²) in [7, 11) is 0. The van der Waals surface area contributed by atoms with E-state index in [1.54, 1.807) is 6.07 Å². The van der Waals surface area contributed by atoms with Crippen LogP contribution in [0.1, 0.15) is 50.2 Å². The van der Waals surface area contributed by atoms with Crippen molar-refractivity contribution in [3.63, 3.8) is 0 Å². The number of hydrogen-bond acceptors (Lipinski definition) is 4. The zero-order valence-corrected chi connectivity index (χ0v) is 13.5. The van der Waals surface area contributed by atoms with Crippen molar-refractivity contribution in [2.24, 2.45) is 0 Å². The summed E-state index contributed by atoms with van der Waals surface area (Å²) in [6.45, 7) is 9.95. The minimum atomic E-state index is -0.0829. The van der Waals surface area contributed by atoms with Crippen molar-refractivity contribution in [2.75, 3.05) is 25.0 Å². The van der Waals surface area contributed by atoms with Crippen molar-refractivity contribution in [3.8, 4) is 0 Å². The first-order valence-corrected chi connectivity index (χ1v) is 7.75. The Bertz CT molecular complexity index is 425. The third kappa shape index (κ3) is 6.12. The van der Waals surface area contributed by atoms with E-state index in [1.165, 1.54) is 0 Å². The molecule has 1 aromatic heterocycles. The Morgan fingerprint density at radius 1 is 1.33 bits per heavy atom. The van der Waals surface area contributed by atoms with Crippen molar-refractivity contribution in [1.82, 2.24) is 10.3 Å². The second-order valence-corrected chi connectivity index (χ2v) is 4.99. The van der Waals surface area contributed by atoms with Crippen LogP contribution in [0.2, 0.25) is 0 Å². The lowest BCUT2D eigenvalue weighted by molar-refractivity contribution is 0.0695. The molecule has 0 radical (unpaired) electrons. The maximum absolute atomic E-state index is 12.2. The molecule has 118 valence electrons. The normalized spacial score (nSPS) is 12.0. The number of amides is 1. The predicted molar refractivity (Wildman–Crippen MR) is 85.8 cm³/mol. The molecule has 0 aliphatic carbocycles. The molecule has 0 saturated heterocycles. The number of aromatic nitrogens is 1. The fourth-order valence-corrected chi connectivity index (χ4v) is 2.06. The zero-order chi connectivity index (χ0) is 15.7. The Kier molecular flexibility index (Phi) is 7.75. The van der Waals surface area contributed by atoms with E-state index in [9.17, 15) is 4.79 Å². The van der Waals surface area contributed by atoms with Gasteiger partial charge < -0.3 is 15.4 Å². The van der Waals surface area contributed by atoms with E-state index in [2.05, 4.69) is 22.5 Å². The van der Waals surface area contributed by atoms with Gasteiger partial charge in [-0.1, -0.05) is 13.3 Å². The van der Waals surface area contributed by atoms with E-state index < -0.39 is 0 Å². The van der Waals surface area contributed by atoms with Crippen molar-refractivity contribution in [3.05, 3.63) is 23.4 Å². The fourth-order valence-electron chi connectivity index (χ4n) is 2.06. The van der Waals surface area contributed by atoms with E-state index >= 15 is 0 Å². The Hall–Kier alpha value is -1.62. The number of aryl methyl sites for hydroxylation is 1. The Morgan fingerprint density at radius 2 is 2.10 bits per heavy atom. The molecule has 1 rings (SSSR count). The van der Waals surface area contributed by atoms with Crippen LogP contribution in [0.5, 0.6) is 0 Å². The smallest absolute Gasteiger partial charge is 0.251 e. The fraction of sp³-hybridized carbons (Fsp3) is 0.625. The zero-order valence-electron chi connectivity index (χ0n) is 13.5. The molecule has 0 saturated carbocycles. The molecule has 0 bridgehead atoms. The highest BCUT2D eigenvalue weighted by atomic mass is 16.5. The van der Waals surface area contributed by atoms with Crippen LogP contribution in [0, 0.1) is 0 Å². The van der Waals surface area contributed by atoms with E-state index in [0.29, 0.717) is 18.7 Å². The summed E-state index contributed by atoms with van der Waals surface area (Å²) in [5.74, 6) is 0.673. The molecule has 1 heterocycles. The van der Waals surface area contributed by atoms with Gasteiger partial charge in [0.1, 0.15) is 5.82 Å². The molecule has 1 amide bonds. The van der Waals surface area contributed by atoms with Crippen molar-refractivity contribution in [2.45, 2.75) is 46.6 Å². The number of nitrogens with one attached hydrogen (secondary N) is 2. The molecule has 0 aromatic carbocycles. The Balaban J connectivity index is 2.76. The monoisotopic (exact) mass is 293 g/mol. The molecular formula is C16H27N3O2. The van der Waals surface area contributed by atoms with Gasteiger partial charge in [-0.3, -0.25) is 4.79 Å². The molecule has 1 aromatic rings. The topological polar surface area (TPSA) is 63.2 Å². The SMILES string of the molecule is CCCc1cc(C(=O)NCC(C)OCC)cc(NCC)n1. The number of rotatable bonds is 9. The standard InChI is InChI=1S/C16H27N3O2/c1-5-8-14-9-13(10-15(19-14)17-6-2)16(20)18-11-12(4)21-7-3/h9-10,12H,5-8,11H2,1-4H3,(H,17,19)(H,18,20). The van der Waals surface area contributed by atoms with E-state index in [1.807, 2.05) is 26.8 Å². The van der Waals surface area contributed by atoms with Gasteiger partial charge in [0.25, 0.3) is 5.91 Å². The summed E-state index contributed by atoms with van der Waals surface area (Å²) in [6, 6.07) is 3.66. The largest absolute Gasteiger partial charge is 0.377 e. The molecule has 2 N–H and O–H groups in total. The van der Waals surface area contributed by atoms with Gasteiger partial charge in [0.15, 0.2) is 0 Å². The molecule has 0 spiro atoms. The number of carbonyl (C=O) groups is 1. The molecule has 0 fully saturated rings. The summed E-state index contributed by atoms with van der Waals surface area (Å²) >= 11 is 0. The van der Waals surface area contributed by atoms with Gasteiger partial charge in [0.05, 0.1) is 6.10 Å². The summed E-state index contributed by atoms with van der Waals surface area (Å²) in [4.78, 5) is 16.7.